The molecular weight excluding hydrogens is 260 g/mol. The predicted octanol–water partition coefficient (Wildman–Crippen LogP) is -0.0495. The van der Waals surface area contributed by atoms with Gasteiger partial charge in [0.1, 0.15) is 4.88 Å². The Morgan fingerprint density at radius 1 is 1.47 bits per heavy atom. The number of amides is 1. The molecule has 2 heterocycles. The quantitative estimate of drug-likeness (QED) is 0.745. The van der Waals surface area contributed by atoms with Crippen molar-refractivity contribution >= 4 is 17.2 Å². The lowest BCUT2D eigenvalue weighted by Gasteiger charge is -2.32. The van der Waals surface area contributed by atoms with Crippen LogP contribution in [0.5, 0.6) is 0 Å². The summed E-state index contributed by atoms with van der Waals surface area (Å²) in [4.78, 5) is 15.1. The van der Waals surface area contributed by atoms with Gasteiger partial charge in [-0.25, -0.2) is 5.01 Å². The zero-order chi connectivity index (χ0) is 13.7. The van der Waals surface area contributed by atoms with Crippen LogP contribution in [0.1, 0.15) is 15.2 Å². The van der Waals surface area contributed by atoms with Gasteiger partial charge in [0, 0.05) is 31.7 Å². The monoisotopic (exact) mass is 278 g/mol. The number of hydrogen-bond acceptors (Lipinski definition) is 5. The molecule has 2 rings (SSSR count). The molecule has 0 bridgehead atoms. The van der Waals surface area contributed by atoms with Gasteiger partial charge in [-0.15, -0.1) is 11.3 Å². The predicted molar refractivity (Wildman–Crippen MR) is 76.8 cm³/mol. The fourth-order valence-corrected chi connectivity index (χ4v) is 2.58. The molecule has 3 N–H and O–H groups in total. The van der Waals surface area contributed by atoms with Crippen LogP contribution >= 0.6 is 11.3 Å². The van der Waals surface area contributed by atoms with Crippen LogP contribution in [-0.4, -0.2) is 55.6 Å². The summed E-state index contributed by atoms with van der Waals surface area (Å²) in [6.07, 6.45) is 0. The van der Waals surface area contributed by atoms with E-state index < -0.39 is 0 Å². The minimum atomic E-state index is -0.0825. The maximum atomic E-state index is 12.2. The Balaban J connectivity index is 1.98. The highest BCUT2D eigenvalue weighted by atomic mass is 32.1. The molecule has 1 aliphatic rings. The molecule has 0 atom stereocenters. The second-order valence-electron chi connectivity index (χ2n) is 4.40. The highest BCUT2D eigenvalue weighted by Gasteiger charge is 2.18. The van der Waals surface area contributed by atoms with Crippen molar-refractivity contribution in [1.29, 1.82) is 0 Å². The lowest BCUT2D eigenvalue weighted by molar-refractivity contribution is 0.0666. The molecule has 1 saturated heterocycles. The van der Waals surface area contributed by atoms with Gasteiger partial charge in [-0.2, -0.15) is 0 Å². The lowest BCUT2D eigenvalue weighted by atomic mass is 10.2. The third-order valence-electron chi connectivity index (χ3n) is 2.96. The van der Waals surface area contributed by atoms with Crippen molar-refractivity contribution < 1.29 is 4.79 Å². The van der Waals surface area contributed by atoms with Crippen LogP contribution in [0.3, 0.4) is 0 Å². The molecule has 102 valence electrons. The van der Waals surface area contributed by atoms with Gasteiger partial charge in [0.15, 0.2) is 0 Å². The van der Waals surface area contributed by atoms with Gasteiger partial charge >= 0.3 is 0 Å². The van der Waals surface area contributed by atoms with Crippen molar-refractivity contribution in [3.8, 4) is 11.8 Å². The molecule has 1 aromatic rings. The number of likely N-dealkylation sites (N-methyl/N-ethyl adjacent to an activating group) is 1. The van der Waals surface area contributed by atoms with Crippen molar-refractivity contribution in [3.05, 3.63) is 21.9 Å². The Morgan fingerprint density at radius 3 is 2.89 bits per heavy atom. The molecule has 0 aromatic carbocycles. The first-order valence-corrected chi connectivity index (χ1v) is 7.09. The highest BCUT2D eigenvalue weighted by molar-refractivity contribution is 7.12. The topological polar surface area (TPSA) is 61.6 Å². The van der Waals surface area contributed by atoms with E-state index in [1.165, 1.54) is 11.3 Å². The fourth-order valence-electron chi connectivity index (χ4n) is 1.84. The Labute approximate surface area is 117 Å². The second-order valence-corrected chi connectivity index (χ2v) is 5.32. The number of hydrogen-bond donors (Lipinski definition) is 2. The molecule has 1 aromatic heterocycles. The standard InChI is InChI=1S/C13H18N4OS/c1-16-6-8-17(9-7-16)15-13(18)12-11(3-2-5-14)4-10-19-12/h4,10H,5-9,14H2,1H3,(H,15,18). The zero-order valence-electron chi connectivity index (χ0n) is 11.0. The fraction of sp³-hybridized carbons (Fsp3) is 0.462. The van der Waals surface area contributed by atoms with Crippen LogP contribution in [0.2, 0.25) is 0 Å². The first-order valence-electron chi connectivity index (χ1n) is 6.21. The lowest BCUT2D eigenvalue weighted by Crippen LogP contribution is -2.52. The first kappa shape index (κ1) is 14.0. The normalized spacial score (nSPS) is 16.7. The summed E-state index contributed by atoms with van der Waals surface area (Å²) in [5.41, 5.74) is 9.04. The van der Waals surface area contributed by atoms with Crippen molar-refractivity contribution in [2.24, 2.45) is 5.73 Å². The Bertz CT molecular complexity index is 494. The van der Waals surface area contributed by atoms with Gasteiger partial charge in [-0.05, 0) is 18.5 Å². The molecule has 1 aliphatic heterocycles. The van der Waals surface area contributed by atoms with Crippen LogP contribution in [0.15, 0.2) is 11.4 Å². The van der Waals surface area contributed by atoms with Crippen LogP contribution in [0.25, 0.3) is 0 Å². The van der Waals surface area contributed by atoms with E-state index in [0.717, 1.165) is 31.7 Å². The van der Waals surface area contributed by atoms with Crippen molar-refractivity contribution in [2.75, 3.05) is 39.8 Å². The molecule has 19 heavy (non-hydrogen) atoms. The molecule has 1 fully saturated rings. The van der Waals surface area contributed by atoms with Gasteiger partial charge in [0.25, 0.3) is 5.91 Å². The van der Waals surface area contributed by atoms with E-state index in [1.54, 1.807) is 0 Å². The van der Waals surface area contributed by atoms with Crippen molar-refractivity contribution in [2.45, 2.75) is 0 Å². The molecule has 0 saturated carbocycles. The number of hydrazine groups is 1. The van der Waals surface area contributed by atoms with Crippen LogP contribution in [0.4, 0.5) is 0 Å². The highest BCUT2D eigenvalue weighted by Crippen LogP contribution is 2.15. The molecule has 6 heteroatoms. The molecule has 0 aliphatic carbocycles. The van der Waals surface area contributed by atoms with Gasteiger partial charge in [-0.1, -0.05) is 11.8 Å². The summed E-state index contributed by atoms with van der Waals surface area (Å²) >= 11 is 1.40. The molecular formula is C13H18N4OS. The maximum absolute atomic E-state index is 12.2. The average Bonchev–Trinajstić information content (AvgIpc) is 2.87. The smallest absolute Gasteiger partial charge is 0.276 e. The summed E-state index contributed by atoms with van der Waals surface area (Å²) in [6.45, 7) is 3.92. The number of carbonyl (C=O) groups excluding carboxylic acids is 1. The van der Waals surface area contributed by atoms with E-state index in [1.807, 2.05) is 16.5 Å². The largest absolute Gasteiger partial charge is 0.320 e. The second kappa shape index (κ2) is 6.68. The van der Waals surface area contributed by atoms with Gasteiger partial charge in [0.05, 0.1) is 6.54 Å². The third-order valence-corrected chi connectivity index (χ3v) is 3.87. The summed E-state index contributed by atoms with van der Waals surface area (Å²) in [7, 11) is 2.08. The SMILES string of the molecule is CN1CCN(NC(=O)c2sccc2C#CCN)CC1. The van der Waals surface area contributed by atoms with E-state index >= 15 is 0 Å². The van der Waals surface area contributed by atoms with E-state index in [4.69, 9.17) is 5.73 Å². The van der Waals surface area contributed by atoms with Crippen LogP contribution < -0.4 is 11.2 Å². The minimum absolute atomic E-state index is 0.0825. The van der Waals surface area contributed by atoms with Crippen LogP contribution in [0, 0.1) is 11.8 Å². The van der Waals surface area contributed by atoms with Gasteiger partial charge in [-0.3, -0.25) is 10.2 Å². The van der Waals surface area contributed by atoms with E-state index in [-0.39, 0.29) is 5.91 Å². The zero-order valence-corrected chi connectivity index (χ0v) is 11.8. The van der Waals surface area contributed by atoms with Gasteiger partial charge < -0.3 is 10.6 Å². The number of nitrogens with one attached hydrogen (secondary N) is 1. The number of nitrogens with two attached hydrogens (primary N) is 1. The average molecular weight is 278 g/mol. The number of carbonyl (C=O) groups is 1. The van der Waals surface area contributed by atoms with E-state index in [0.29, 0.717) is 11.4 Å². The Hall–Kier alpha value is -1.39. The molecule has 0 unspecified atom stereocenters. The maximum Gasteiger partial charge on any atom is 0.276 e. The summed E-state index contributed by atoms with van der Waals surface area (Å²) in [5, 5.41) is 3.83. The molecule has 0 spiro atoms. The van der Waals surface area contributed by atoms with Crippen molar-refractivity contribution in [3.63, 3.8) is 0 Å². The molecule has 1 amide bonds. The molecule has 5 nitrogen and oxygen atoms in total. The number of thiophene rings is 1. The number of rotatable bonds is 2. The van der Waals surface area contributed by atoms with Gasteiger partial charge in [0.2, 0.25) is 0 Å². The van der Waals surface area contributed by atoms with E-state index in [9.17, 15) is 4.79 Å². The molecule has 0 radical (unpaired) electrons. The Kier molecular flexibility index (Phi) is 4.93. The number of nitrogens with zero attached hydrogens (tertiary/aromatic N) is 2. The summed E-state index contributed by atoms with van der Waals surface area (Å²) < 4.78 is 0. The first-order chi connectivity index (χ1) is 9.20. The minimum Gasteiger partial charge on any atom is -0.320 e. The summed E-state index contributed by atoms with van der Waals surface area (Å²) in [5.74, 6) is 5.62. The van der Waals surface area contributed by atoms with E-state index in [2.05, 4.69) is 29.2 Å². The third kappa shape index (κ3) is 3.78. The number of piperazine rings is 1. The Morgan fingerprint density at radius 2 is 2.21 bits per heavy atom. The summed E-state index contributed by atoms with van der Waals surface area (Å²) in [6, 6.07) is 1.85. The van der Waals surface area contributed by atoms with Crippen LogP contribution in [-0.2, 0) is 0 Å². The van der Waals surface area contributed by atoms with Crippen molar-refractivity contribution in [1.82, 2.24) is 15.3 Å².